The van der Waals surface area contributed by atoms with Gasteiger partial charge in [0, 0.05) is 12.4 Å². The maximum absolute atomic E-state index is 12.9. The van der Waals surface area contributed by atoms with Gasteiger partial charge in [-0.05, 0) is 36.4 Å². The number of rotatable bonds is 3. The lowest BCUT2D eigenvalue weighted by Crippen LogP contribution is -2.23. The van der Waals surface area contributed by atoms with Crippen LogP contribution in [0.4, 0.5) is 13.2 Å². The summed E-state index contributed by atoms with van der Waals surface area (Å²) in [7, 11) is -5.53. The highest BCUT2D eigenvalue weighted by Crippen LogP contribution is 2.33. The van der Waals surface area contributed by atoms with Crippen molar-refractivity contribution in [2.24, 2.45) is 0 Å². The van der Waals surface area contributed by atoms with Gasteiger partial charge in [0.1, 0.15) is 0 Å². The molecule has 3 aromatic rings. The molecule has 0 spiro atoms. The molecule has 0 radical (unpaired) electrons. The zero-order valence-corrected chi connectivity index (χ0v) is 13.3. The zero-order chi connectivity index (χ0) is 18.1. The fourth-order valence-corrected chi connectivity index (χ4v) is 2.89. The van der Waals surface area contributed by atoms with Crippen LogP contribution < -0.4 is 0 Å². The topological polar surface area (TPSA) is 72.8 Å². The van der Waals surface area contributed by atoms with E-state index in [1.54, 1.807) is 24.3 Å². The van der Waals surface area contributed by atoms with E-state index in [2.05, 4.69) is 15.0 Å². The standard InChI is InChI=1S/C16H10F3N3O2S/c17-16(18,19)25(23,24)11-9-14(12-5-1-3-7-20-12)22-15(10-11)13-6-2-4-8-21-13/h1-10H. The largest absolute Gasteiger partial charge is 0.501 e. The maximum atomic E-state index is 12.9. The van der Waals surface area contributed by atoms with Crippen LogP contribution in [0.3, 0.4) is 0 Å². The maximum Gasteiger partial charge on any atom is 0.501 e. The first kappa shape index (κ1) is 17.0. The van der Waals surface area contributed by atoms with Crippen molar-refractivity contribution in [1.82, 2.24) is 15.0 Å². The van der Waals surface area contributed by atoms with Crippen LogP contribution in [0.2, 0.25) is 0 Å². The van der Waals surface area contributed by atoms with Gasteiger partial charge >= 0.3 is 5.51 Å². The molecule has 9 heteroatoms. The fourth-order valence-electron chi connectivity index (χ4n) is 2.09. The normalized spacial score (nSPS) is 12.1. The summed E-state index contributed by atoms with van der Waals surface area (Å²) in [5.74, 6) is 0. The minimum atomic E-state index is -5.53. The summed E-state index contributed by atoms with van der Waals surface area (Å²) in [4.78, 5) is 11.3. The van der Waals surface area contributed by atoms with E-state index in [0.717, 1.165) is 12.1 Å². The van der Waals surface area contributed by atoms with Crippen molar-refractivity contribution in [3.63, 3.8) is 0 Å². The van der Waals surface area contributed by atoms with Crippen molar-refractivity contribution in [3.05, 3.63) is 60.9 Å². The number of hydrogen-bond acceptors (Lipinski definition) is 5. The first-order valence-electron chi connectivity index (χ1n) is 6.95. The van der Waals surface area contributed by atoms with E-state index in [9.17, 15) is 21.6 Å². The lowest BCUT2D eigenvalue weighted by molar-refractivity contribution is -0.0435. The molecule has 0 unspecified atom stereocenters. The molecule has 0 saturated carbocycles. The number of sulfone groups is 1. The Bertz CT molecular complexity index is 934. The van der Waals surface area contributed by atoms with Crippen molar-refractivity contribution in [2.45, 2.75) is 10.4 Å². The van der Waals surface area contributed by atoms with Crippen LogP contribution in [-0.4, -0.2) is 28.9 Å². The molecule has 128 valence electrons. The van der Waals surface area contributed by atoms with Crippen LogP contribution in [0, 0.1) is 0 Å². The van der Waals surface area contributed by atoms with Gasteiger partial charge in [0.15, 0.2) is 0 Å². The molecule has 0 N–H and O–H groups in total. The lowest BCUT2D eigenvalue weighted by Gasteiger charge is -2.11. The average molecular weight is 365 g/mol. The summed E-state index contributed by atoms with van der Waals surface area (Å²) in [6.45, 7) is 0. The summed E-state index contributed by atoms with van der Waals surface area (Å²) in [6.07, 6.45) is 2.87. The molecule has 3 aromatic heterocycles. The summed E-state index contributed by atoms with van der Waals surface area (Å²) in [6, 6.07) is 11.3. The molecule has 0 atom stereocenters. The third-order valence-electron chi connectivity index (χ3n) is 3.27. The molecular formula is C16H10F3N3O2S. The van der Waals surface area contributed by atoms with Crippen LogP contribution >= 0.6 is 0 Å². The van der Waals surface area contributed by atoms with Gasteiger partial charge in [-0.1, -0.05) is 12.1 Å². The second-order valence-electron chi connectivity index (χ2n) is 4.95. The molecule has 5 nitrogen and oxygen atoms in total. The van der Waals surface area contributed by atoms with Gasteiger partial charge in [-0.15, -0.1) is 0 Å². The predicted octanol–water partition coefficient (Wildman–Crippen LogP) is 3.50. The predicted molar refractivity (Wildman–Crippen MR) is 83.9 cm³/mol. The van der Waals surface area contributed by atoms with Gasteiger partial charge in [0.2, 0.25) is 0 Å². The number of aromatic nitrogens is 3. The SMILES string of the molecule is O=S(=O)(c1cc(-c2ccccn2)nc(-c2ccccn2)c1)C(F)(F)F. The summed E-state index contributed by atoms with van der Waals surface area (Å²) in [5, 5.41) is 0. The van der Waals surface area contributed by atoms with Gasteiger partial charge in [0.05, 0.1) is 27.7 Å². The minimum absolute atomic E-state index is 0.00609. The minimum Gasteiger partial charge on any atom is -0.255 e. The number of halogens is 3. The first-order chi connectivity index (χ1) is 11.8. The van der Waals surface area contributed by atoms with Gasteiger partial charge in [-0.25, -0.2) is 13.4 Å². The molecule has 0 aliphatic carbocycles. The van der Waals surface area contributed by atoms with Crippen molar-refractivity contribution in [2.75, 3.05) is 0 Å². The average Bonchev–Trinajstić information content (AvgIpc) is 2.62. The van der Waals surface area contributed by atoms with E-state index in [1.165, 1.54) is 24.5 Å². The molecular weight excluding hydrogens is 355 g/mol. The van der Waals surface area contributed by atoms with Crippen molar-refractivity contribution >= 4 is 9.84 Å². The first-order valence-corrected chi connectivity index (χ1v) is 8.43. The Kier molecular flexibility index (Phi) is 4.25. The van der Waals surface area contributed by atoms with E-state index in [1.807, 2.05) is 0 Å². The summed E-state index contributed by atoms with van der Waals surface area (Å²) in [5.41, 5.74) is -4.91. The highest BCUT2D eigenvalue weighted by molar-refractivity contribution is 7.92. The number of nitrogens with zero attached hydrogens (tertiary/aromatic N) is 3. The quantitative estimate of drug-likeness (QED) is 0.710. The Labute approximate surface area is 141 Å². The summed E-state index contributed by atoms with van der Waals surface area (Å²) < 4.78 is 62.5. The van der Waals surface area contributed by atoms with Crippen LogP contribution in [-0.2, 0) is 9.84 Å². The van der Waals surface area contributed by atoms with E-state index in [0.29, 0.717) is 0 Å². The molecule has 0 bridgehead atoms. The zero-order valence-electron chi connectivity index (χ0n) is 12.5. The van der Waals surface area contributed by atoms with Gasteiger partial charge in [0.25, 0.3) is 9.84 Å². The molecule has 3 heterocycles. The van der Waals surface area contributed by atoms with Crippen LogP contribution in [0.15, 0.2) is 65.8 Å². The van der Waals surface area contributed by atoms with Crippen LogP contribution in [0.1, 0.15) is 0 Å². The molecule has 0 aromatic carbocycles. The molecule has 3 rings (SSSR count). The Balaban J connectivity index is 2.26. The van der Waals surface area contributed by atoms with E-state index < -0.39 is 20.2 Å². The summed E-state index contributed by atoms with van der Waals surface area (Å²) >= 11 is 0. The molecule has 25 heavy (non-hydrogen) atoms. The van der Waals surface area contributed by atoms with Gasteiger partial charge in [-0.3, -0.25) is 9.97 Å². The molecule has 0 saturated heterocycles. The van der Waals surface area contributed by atoms with E-state index in [4.69, 9.17) is 0 Å². The van der Waals surface area contributed by atoms with Crippen LogP contribution in [0.25, 0.3) is 22.8 Å². The highest BCUT2D eigenvalue weighted by atomic mass is 32.2. The second-order valence-corrected chi connectivity index (χ2v) is 6.89. The van der Waals surface area contributed by atoms with E-state index >= 15 is 0 Å². The third kappa shape index (κ3) is 3.36. The Morgan fingerprint density at radius 3 is 1.60 bits per heavy atom. The lowest BCUT2D eigenvalue weighted by atomic mass is 10.2. The van der Waals surface area contributed by atoms with Crippen molar-refractivity contribution in [1.29, 1.82) is 0 Å². The fraction of sp³-hybridized carbons (Fsp3) is 0.0625. The smallest absolute Gasteiger partial charge is 0.255 e. The Morgan fingerprint density at radius 2 is 1.24 bits per heavy atom. The second kappa shape index (κ2) is 6.25. The number of pyridine rings is 3. The Morgan fingerprint density at radius 1 is 0.760 bits per heavy atom. The van der Waals surface area contributed by atoms with Gasteiger partial charge in [-0.2, -0.15) is 13.2 Å². The molecule has 0 aliphatic heterocycles. The molecule has 0 amide bonds. The molecule has 0 aliphatic rings. The van der Waals surface area contributed by atoms with Gasteiger partial charge < -0.3 is 0 Å². The third-order valence-corrected chi connectivity index (χ3v) is 4.73. The van der Waals surface area contributed by atoms with Crippen molar-refractivity contribution < 1.29 is 21.6 Å². The van der Waals surface area contributed by atoms with Crippen LogP contribution in [0.5, 0.6) is 0 Å². The highest BCUT2D eigenvalue weighted by Gasteiger charge is 2.47. The Hall–Kier alpha value is -2.81. The van der Waals surface area contributed by atoms with E-state index in [-0.39, 0.29) is 22.8 Å². The van der Waals surface area contributed by atoms with Crippen molar-refractivity contribution in [3.8, 4) is 22.8 Å². The number of alkyl halides is 3. The number of hydrogen-bond donors (Lipinski definition) is 0. The molecule has 0 fully saturated rings. The monoisotopic (exact) mass is 365 g/mol.